The highest BCUT2D eigenvalue weighted by atomic mass is 16.5. The summed E-state index contributed by atoms with van der Waals surface area (Å²) in [6.07, 6.45) is 8.63. The van der Waals surface area contributed by atoms with Crippen LogP contribution < -0.4 is 10.7 Å². The molecule has 1 aromatic carbocycles. The van der Waals surface area contributed by atoms with Crippen LogP contribution in [0.1, 0.15) is 25.8 Å². The number of ether oxygens (including phenoxy) is 1. The maximum Gasteiger partial charge on any atom is 0.163 e. The molecule has 2 aliphatic heterocycles. The lowest BCUT2D eigenvalue weighted by atomic mass is 9.91. The highest BCUT2D eigenvalue weighted by molar-refractivity contribution is 5.47. The molecule has 3 N–H and O–H groups in total. The second-order valence-corrected chi connectivity index (χ2v) is 7.42. The quantitative estimate of drug-likeness (QED) is 0.779. The van der Waals surface area contributed by atoms with Crippen LogP contribution in [0.5, 0.6) is 0 Å². The zero-order valence-corrected chi connectivity index (χ0v) is 15.2. The minimum absolute atomic E-state index is 0.462. The summed E-state index contributed by atoms with van der Waals surface area (Å²) in [4.78, 5) is 0. The number of allylic oxidation sites excluding steroid dienone is 5. The van der Waals surface area contributed by atoms with Crippen LogP contribution >= 0.6 is 0 Å². The number of nitrogens with one attached hydrogen (secondary N) is 2. The lowest BCUT2D eigenvalue weighted by molar-refractivity contribution is -0.0690. The van der Waals surface area contributed by atoms with Gasteiger partial charge in [0.2, 0.25) is 0 Å². The summed E-state index contributed by atoms with van der Waals surface area (Å²) < 4.78 is 5.65. The second kappa shape index (κ2) is 6.67. The average molecular weight is 351 g/mol. The number of aliphatic hydroxyl groups is 1. The Bertz CT molecular complexity index is 806. The molecular formula is C21H25N3O2. The van der Waals surface area contributed by atoms with Gasteiger partial charge in [0.25, 0.3) is 0 Å². The Balaban J connectivity index is 1.56. The van der Waals surface area contributed by atoms with Crippen molar-refractivity contribution in [2.24, 2.45) is 0 Å². The predicted molar refractivity (Wildman–Crippen MR) is 101 cm³/mol. The summed E-state index contributed by atoms with van der Waals surface area (Å²) in [5.41, 5.74) is 7.41. The maximum absolute atomic E-state index is 10.9. The number of nitrogens with zero attached hydrogens (tertiary/aromatic N) is 1. The Morgan fingerprint density at radius 3 is 2.92 bits per heavy atom. The van der Waals surface area contributed by atoms with Gasteiger partial charge in [-0.1, -0.05) is 36.4 Å². The van der Waals surface area contributed by atoms with Gasteiger partial charge in [0, 0.05) is 30.3 Å². The van der Waals surface area contributed by atoms with Crippen molar-refractivity contribution in [3.8, 4) is 0 Å². The van der Waals surface area contributed by atoms with Gasteiger partial charge in [0.05, 0.1) is 17.5 Å². The first kappa shape index (κ1) is 16.9. The van der Waals surface area contributed by atoms with Gasteiger partial charge in [-0.2, -0.15) is 0 Å². The van der Waals surface area contributed by atoms with Crippen molar-refractivity contribution in [2.75, 3.05) is 6.54 Å². The minimum Gasteiger partial charge on any atom is -0.465 e. The first-order valence-electron chi connectivity index (χ1n) is 9.05. The van der Waals surface area contributed by atoms with E-state index in [0.717, 1.165) is 42.1 Å². The highest BCUT2D eigenvalue weighted by Crippen LogP contribution is 2.36. The van der Waals surface area contributed by atoms with Gasteiger partial charge in [0.15, 0.2) is 6.23 Å². The molecule has 1 atom stereocenters. The Labute approximate surface area is 154 Å². The zero-order chi connectivity index (χ0) is 18.1. The van der Waals surface area contributed by atoms with Crippen LogP contribution in [0, 0.1) is 0 Å². The summed E-state index contributed by atoms with van der Waals surface area (Å²) >= 11 is 0. The van der Waals surface area contributed by atoms with Crippen LogP contribution in [0.3, 0.4) is 0 Å². The fourth-order valence-electron chi connectivity index (χ4n) is 3.56. The van der Waals surface area contributed by atoms with Crippen molar-refractivity contribution in [2.45, 2.75) is 38.5 Å². The molecule has 0 amide bonds. The number of aliphatic hydroxyl groups excluding tert-OH is 1. The summed E-state index contributed by atoms with van der Waals surface area (Å²) in [6, 6.07) is 10.4. The average Bonchev–Trinajstić information content (AvgIpc) is 2.64. The first-order valence-corrected chi connectivity index (χ1v) is 9.05. The van der Waals surface area contributed by atoms with Gasteiger partial charge in [0.1, 0.15) is 5.76 Å². The zero-order valence-electron chi connectivity index (χ0n) is 15.2. The van der Waals surface area contributed by atoms with Gasteiger partial charge < -0.3 is 15.2 Å². The monoisotopic (exact) mass is 351 g/mol. The first-order chi connectivity index (χ1) is 12.5. The minimum atomic E-state index is -0.696. The van der Waals surface area contributed by atoms with E-state index in [0.29, 0.717) is 0 Å². The number of benzene rings is 1. The molecular weight excluding hydrogens is 326 g/mol. The van der Waals surface area contributed by atoms with Gasteiger partial charge >= 0.3 is 0 Å². The van der Waals surface area contributed by atoms with Gasteiger partial charge in [-0.15, -0.1) is 0 Å². The molecule has 0 spiro atoms. The van der Waals surface area contributed by atoms with Crippen molar-refractivity contribution in [3.05, 3.63) is 83.1 Å². The molecule has 3 aliphatic rings. The molecule has 0 saturated carbocycles. The summed E-state index contributed by atoms with van der Waals surface area (Å²) in [5, 5.41) is 16.3. The largest absolute Gasteiger partial charge is 0.465 e. The van der Waals surface area contributed by atoms with Gasteiger partial charge in [-0.3, -0.25) is 5.01 Å². The number of hydrazine groups is 1. The molecule has 0 bridgehead atoms. The maximum atomic E-state index is 10.9. The van der Waals surface area contributed by atoms with E-state index in [4.69, 9.17) is 4.74 Å². The lowest BCUT2D eigenvalue weighted by Crippen LogP contribution is -2.64. The summed E-state index contributed by atoms with van der Waals surface area (Å²) in [7, 11) is 0. The van der Waals surface area contributed by atoms with Gasteiger partial charge in [-0.05, 0) is 31.9 Å². The third kappa shape index (κ3) is 3.16. The van der Waals surface area contributed by atoms with Crippen molar-refractivity contribution < 1.29 is 9.84 Å². The van der Waals surface area contributed by atoms with Gasteiger partial charge in [-0.25, -0.2) is 5.43 Å². The van der Waals surface area contributed by atoms with Crippen molar-refractivity contribution in [1.82, 2.24) is 15.8 Å². The Hall–Kier alpha value is -2.50. The van der Waals surface area contributed by atoms with E-state index < -0.39 is 11.8 Å². The highest BCUT2D eigenvalue weighted by Gasteiger charge is 2.41. The molecule has 5 heteroatoms. The van der Waals surface area contributed by atoms with Crippen molar-refractivity contribution >= 4 is 0 Å². The smallest absolute Gasteiger partial charge is 0.163 e. The number of hydrogen-bond acceptors (Lipinski definition) is 5. The van der Waals surface area contributed by atoms with Crippen LogP contribution in [0.25, 0.3) is 0 Å². The third-order valence-electron chi connectivity index (χ3n) is 4.99. The van der Waals surface area contributed by atoms with Crippen molar-refractivity contribution in [1.29, 1.82) is 0 Å². The summed E-state index contributed by atoms with van der Waals surface area (Å²) in [6.45, 7) is 4.76. The van der Waals surface area contributed by atoms with Crippen LogP contribution in [-0.2, 0) is 11.2 Å². The van der Waals surface area contributed by atoms with E-state index in [1.807, 2.05) is 49.2 Å². The van der Waals surface area contributed by atoms with E-state index in [1.165, 1.54) is 5.56 Å². The Kier molecular flexibility index (Phi) is 4.34. The van der Waals surface area contributed by atoms with Crippen molar-refractivity contribution in [3.63, 3.8) is 0 Å². The van der Waals surface area contributed by atoms with Crippen LogP contribution in [0.2, 0.25) is 0 Å². The number of rotatable bonds is 4. The molecule has 1 aromatic rings. The Morgan fingerprint density at radius 2 is 2.12 bits per heavy atom. The molecule has 5 nitrogen and oxygen atoms in total. The molecule has 1 aliphatic carbocycles. The standard InChI is InChI=1S/C21H25N3O2/c1-21(2)20(25)24(22-11-10-15-7-4-3-5-8-15)18-14-19-16(9-6-12-26-19)13-17(18)23-21/h3-9,12,14,20,22-23,25H,10-11,13H2,1-2H3. The molecule has 0 saturated heterocycles. The molecule has 4 rings (SSSR count). The second-order valence-electron chi connectivity index (χ2n) is 7.42. The molecule has 26 heavy (non-hydrogen) atoms. The fraction of sp³-hybridized carbons (Fsp3) is 0.333. The van der Waals surface area contributed by atoms with E-state index in [-0.39, 0.29) is 0 Å². The molecule has 2 heterocycles. The van der Waals surface area contributed by atoms with E-state index in [9.17, 15) is 5.11 Å². The normalized spacial score (nSPS) is 23.3. The van der Waals surface area contributed by atoms with E-state index in [2.05, 4.69) is 29.0 Å². The lowest BCUT2D eigenvalue weighted by Gasteiger charge is -2.48. The topological polar surface area (TPSA) is 56.8 Å². The molecule has 136 valence electrons. The van der Waals surface area contributed by atoms with E-state index >= 15 is 0 Å². The van der Waals surface area contributed by atoms with E-state index in [1.54, 1.807) is 6.26 Å². The molecule has 0 fully saturated rings. The molecule has 0 aromatic heterocycles. The Morgan fingerprint density at radius 1 is 1.31 bits per heavy atom. The molecule has 0 radical (unpaired) electrons. The predicted octanol–water partition coefficient (Wildman–Crippen LogP) is 2.71. The fourth-order valence-corrected chi connectivity index (χ4v) is 3.56. The number of hydrogen-bond donors (Lipinski definition) is 3. The molecule has 1 unspecified atom stereocenters. The van der Waals surface area contributed by atoms with Crippen LogP contribution in [0.15, 0.2) is 77.5 Å². The van der Waals surface area contributed by atoms with Crippen LogP contribution in [-0.4, -0.2) is 28.4 Å². The third-order valence-corrected chi connectivity index (χ3v) is 4.99. The van der Waals surface area contributed by atoms with Crippen LogP contribution in [0.4, 0.5) is 0 Å². The number of fused-ring (bicyclic) bond motifs is 1. The summed E-state index contributed by atoms with van der Waals surface area (Å²) in [5.74, 6) is 0.842. The SMILES string of the molecule is CC1(C)NC2=C(C=C3OC=CC=C3C2)N(NCCc2ccccc2)C1O.